The molecule has 13 heteroatoms. The fourth-order valence-corrected chi connectivity index (χ4v) is 4.37. The molecular formula is C26H42O13. The van der Waals surface area contributed by atoms with Crippen molar-refractivity contribution < 1.29 is 62.5 Å². The smallest absolute Gasteiger partial charge is 0.308 e. The van der Waals surface area contributed by atoms with Crippen LogP contribution >= 0.6 is 0 Å². The van der Waals surface area contributed by atoms with Gasteiger partial charge in [-0.25, -0.2) is 0 Å². The van der Waals surface area contributed by atoms with E-state index in [-0.39, 0.29) is 6.42 Å². The molecule has 10 atom stereocenters. The van der Waals surface area contributed by atoms with Gasteiger partial charge >= 0.3 is 23.9 Å². The molecule has 2 heterocycles. The van der Waals surface area contributed by atoms with Crippen LogP contribution in [0.2, 0.25) is 0 Å². The van der Waals surface area contributed by atoms with Crippen LogP contribution in [-0.4, -0.2) is 95.5 Å². The van der Waals surface area contributed by atoms with E-state index in [9.17, 15) is 29.4 Å². The summed E-state index contributed by atoms with van der Waals surface area (Å²) in [5.74, 6) is -3.23. The Hall–Kier alpha value is -2.32. The number of unbranched alkanes of at least 4 members (excludes halogenated alkanes) is 2. The maximum absolute atomic E-state index is 12.6. The minimum atomic E-state index is -1.69. The lowest BCUT2D eigenvalue weighted by atomic mass is 9.96. The quantitative estimate of drug-likeness (QED) is 0.209. The summed E-state index contributed by atoms with van der Waals surface area (Å²) in [5, 5.41) is 21.0. The van der Waals surface area contributed by atoms with Crippen LogP contribution in [0.15, 0.2) is 0 Å². The van der Waals surface area contributed by atoms with Gasteiger partial charge in [0, 0.05) is 20.3 Å². The molecule has 0 unspecified atom stereocenters. The lowest BCUT2D eigenvalue weighted by Crippen LogP contribution is -2.65. The summed E-state index contributed by atoms with van der Waals surface area (Å²) in [4.78, 5) is 49.0. The highest BCUT2D eigenvalue weighted by Crippen LogP contribution is 2.33. The zero-order valence-corrected chi connectivity index (χ0v) is 23.6. The van der Waals surface area contributed by atoms with Crippen molar-refractivity contribution in [2.45, 2.75) is 136 Å². The van der Waals surface area contributed by atoms with Gasteiger partial charge < -0.3 is 43.4 Å². The van der Waals surface area contributed by atoms with E-state index in [1.54, 1.807) is 13.8 Å². The van der Waals surface area contributed by atoms with Gasteiger partial charge in [0.05, 0.1) is 18.1 Å². The average Bonchev–Trinajstić information content (AvgIpc) is 2.83. The Balaban J connectivity index is 2.40. The Morgan fingerprint density at radius 2 is 1.33 bits per heavy atom. The van der Waals surface area contributed by atoms with Crippen LogP contribution in [0.4, 0.5) is 0 Å². The molecule has 0 aromatic carbocycles. The van der Waals surface area contributed by atoms with Crippen LogP contribution in [0.5, 0.6) is 0 Å². The molecule has 2 aliphatic heterocycles. The van der Waals surface area contributed by atoms with E-state index in [2.05, 4.69) is 0 Å². The van der Waals surface area contributed by atoms with Crippen molar-refractivity contribution in [2.75, 3.05) is 0 Å². The molecule has 2 fully saturated rings. The molecule has 0 bridgehead atoms. The molecule has 0 spiro atoms. The van der Waals surface area contributed by atoms with Crippen molar-refractivity contribution in [2.24, 2.45) is 5.92 Å². The summed E-state index contributed by atoms with van der Waals surface area (Å²) in [7, 11) is 0. The lowest BCUT2D eigenvalue weighted by molar-refractivity contribution is -0.351. The van der Waals surface area contributed by atoms with Gasteiger partial charge in [0.25, 0.3) is 0 Å². The topological polar surface area (TPSA) is 173 Å². The number of esters is 4. The van der Waals surface area contributed by atoms with Crippen LogP contribution in [-0.2, 0) is 52.3 Å². The number of carbonyl (C=O) groups excluding carboxylic acids is 4. The highest BCUT2D eigenvalue weighted by molar-refractivity contribution is 5.72. The van der Waals surface area contributed by atoms with Crippen LogP contribution in [0.25, 0.3) is 0 Å². The normalized spacial score (nSPS) is 34.7. The van der Waals surface area contributed by atoms with Crippen LogP contribution < -0.4 is 0 Å². The molecule has 2 aliphatic rings. The molecule has 0 aliphatic carbocycles. The van der Waals surface area contributed by atoms with Crippen molar-refractivity contribution in [1.29, 1.82) is 0 Å². The molecular weight excluding hydrogens is 520 g/mol. The molecule has 0 saturated carbocycles. The number of aliphatic hydroxyl groups is 2. The molecule has 2 rings (SSSR count). The van der Waals surface area contributed by atoms with E-state index in [0.717, 1.165) is 26.7 Å². The Morgan fingerprint density at radius 3 is 1.90 bits per heavy atom. The van der Waals surface area contributed by atoms with Gasteiger partial charge in [0.1, 0.15) is 12.2 Å². The van der Waals surface area contributed by atoms with Gasteiger partial charge in [-0.15, -0.1) is 0 Å². The second-order valence-corrected chi connectivity index (χ2v) is 10.1. The first-order chi connectivity index (χ1) is 18.3. The summed E-state index contributed by atoms with van der Waals surface area (Å²) in [6.45, 7) is 10.5. The van der Waals surface area contributed by atoms with Gasteiger partial charge in [0.15, 0.2) is 37.0 Å². The van der Waals surface area contributed by atoms with Crippen molar-refractivity contribution >= 4 is 23.9 Å². The first kappa shape index (κ1) is 32.9. The molecule has 224 valence electrons. The molecule has 2 N–H and O–H groups in total. The van der Waals surface area contributed by atoms with E-state index < -0.39 is 91.2 Å². The number of hydrogen-bond acceptors (Lipinski definition) is 13. The van der Waals surface area contributed by atoms with Crippen molar-refractivity contribution in [3.05, 3.63) is 0 Å². The molecule has 0 radical (unpaired) electrons. The van der Waals surface area contributed by atoms with Gasteiger partial charge in [-0.1, -0.05) is 33.6 Å². The second kappa shape index (κ2) is 14.9. The zero-order valence-electron chi connectivity index (χ0n) is 23.6. The number of carbonyl (C=O) groups is 4. The molecule has 0 amide bonds. The van der Waals surface area contributed by atoms with Gasteiger partial charge in [0.2, 0.25) is 0 Å². The van der Waals surface area contributed by atoms with Gasteiger partial charge in [-0.3, -0.25) is 19.2 Å². The third-order valence-corrected chi connectivity index (χ3v) is 6.37. The highest BCUT2D eigenvalue weighted by Gasteiger charge is 2.55. The fourth-order valence-electron chi connectivity index (χ4n) is 4.37. The Bertz CT molecular complexity index is 846. The Morgan fingerprint density at radius 1 is 0.769 bits per heavy atom. The van der Waals surface area contributed by atoms with E-state index in [1.807, 2.05) is 6.92 Å². The van der Waals surface area contributed by atoms with Gasteiger partial charge in [-0.2, -0.15) is 0 Å². The molecule has 2 saturated heterocycles. The summed E-state index contributed by atoms with van der Waals surface area (Å²) in [5.41, 5.74) is 0. The average molecular weight is 563 g/mol. The number of ether oxygens (including phenoxy) is 7. The maximum Gasteiger partial charge on any atom is 0.308 e. The summed E-state index contributed by atoms with van der Waals surface area (Å²) >= 11 is 0. The molecule has 13 nitrogen and oxygen atoms in total. The van der Waals surface area contributed by atoms with E-state index >= 15 is 0 Å². The highest BCUT2D eigenvalue weighted by atomic mass is 16.7. The van der Waals surface area contributed by atoms with Gasteiger partial charge in [-0.05, 0) is 20.3 Å². The van der Waals surface area contributed by atoms with Crippen molar-refractivity contribution in [3.63, 3.8) is 0 Å². The van der Waals surface area contributed by atoms with Crippen molar-refractivity contribution in [3.8, 4) is 0 Å². The van der Waals surface area contributed by atoms with Crippen molar-refractivity contribution in [1.82, 2.24) is 0 Å². The largest absolute Gasteiger partial charge is 0.457 e. The Labute approximate surface area is 228 Å². The predicted octanol–water partition coefficient (Wildman–Crippen LogP) is 1.14. The first-order valence-electron chi connectivity index (χ1n) is 13.3. The van der Waals surface area contributed by atoms with Crippen LogP contribution in [0, 0.1) is 5.92 Å². The van der Waals surface area contributed by atoms with Crippen LogP contribution in [0.3, 0.4) is 0 Å². The first-order valence-corrected chi connectivity index (χ1v) is 13.3. The molecule has 0 aromatic heterocycles. The minimum Gasteiger partial charge on any atom is -0.457 e. The zero-order chi connectivity index (χ0) is 29.4. The predicted molar refractivity (Wildman–Crippen MR) is 132 cm³/mol. The summed E-state index contributed by atoms with van der Waals surface area (Å²) in [6, 6.07) is 0. The van der Waals surface area contributed by atoms with E-state index in [4.69, 9.17) is 33.2 Å². The molecule has 0 aromatic rings. The minimum absolute atomic E-state index is 0.132. The number of aliphatic hydroxyl groups excluding tert-OH is 2. The standard InChI is InChI=1S/C26H42O13/c1-8-9-10-11-17(29)37-19-13(4)33-25(32)18(30)21(19)39-26-23(36-16(7)28)22(38-24(31)12(2)3)20(14(5)34-26)35-15(6)27/h12-14,18-23,25-26,30,32H,8-11H2,1-7H3/t13-,14-,18+,19-,20-,21-,22+,23+,25+,26-/m0/s1. The fraction of sp³-hybridized carbons (Fsp3) is 0.846. The summed E-state index contributed by atoms with van der Waals surface area (Å²) < 4.78 is 39.2. The second-order valence-electron chi connectivity index (χ2n) is 10.1. The Kier molecular flexibility index (Phi) is 12.6. The summed E-state index contributed by atoms with van der Waals surface area (Å²) in [6.07, 6.45) is -10.7. The monoisotopic (exact) mass is 562 g/mol. The number of hydrogen-bond donors (Lipinski definition) is 2. The number of rotatable bonds is 11. The maximum atomic E-state index is 12.6. The lowest BCUT2D eigenvalue weighted by Gasteiger charge is -2.47. The molecule has 39 heavy (non-hydrogen) atoms. The van der Waals surface area contributed by atoms with E-state index in [1.165, 1.54) is 13.8 Å². The third-order valence-electron chi connectivity index (χ3n) is 6.37. The van der Waals surface area contributed by atoms with Crippen LogP contribution in [0.1, 0.15) is 74.1 Å². The SMILES string of the molecule is CCCCCC(=O)O[C@@H]1[C@@H](O[C@@H]2O[C@@H](C)[C@H](OC(C)=O)[C@@H](OC(=O)C(C)C)[C@H]2OC(C)=O)[C@@H](O)[C@H](O)O[C@H]1C. The third kappa shape index (κ3) is 9.10. The van der Waals surface area contributed by atoms with E-state index in [0.29, 0.717) is 6.42 Å².